The predicted octanol–water partition coefficient (Wildman–Crippen LogP) is 1.83. The number of carboxylic acids is 1. The molecule has 0 aromatic heterocycles. The number of nitrogens with one attached hydrogen (secondary N) is 1. The summed E-state index contributed by atoms with van der Waals surface area (Å²) in [5, 5.41) is 11.6. The van der Waals surface area contributed by atoms with Gasteiger partial charge in [-0.05, 0) is 31.4 Å². The Hall–Kier alpha value is -2.31. The molecular formula is C15H18FNO5. The van der Waals surface area contributed by atoms with E-state index in [4.69, 9.17) is 14.6 Å². The summed E-state index contributed by atoms with van der Waals surface area (Å²) in [6.07, 6.45) is 1.39. The zero-order chi connectivity index (χ0) is 16.3. The van der Waals surface area contributed by atoms with Crippen molar-refractivity contribution >= 4 is 11.9 Å². The normalized spacial score (nSPS) is 20.5. The first kappa shape index (κ1) is 16.1. The van der Waals surface area contributed by atoms with Crippen LogP contribution in [0.15, 0.2) is 12.1 Å². The topological polar surface area (TPSA) is 84.9 Å². The second-order valence-corrected chi connectivity index (χ2v) is 5.18. The van der Waals surface area contributed by atoms with Crippen molar-refractivity contribution in [3.63, 3.8) is 0 Å². The summed E-state index contributed by atoms with van der Waals surface area (Å²) in [6, 6.07) is 2.22. The number of hydrogen-bond acceptors (Lipinski definition) is 4. The Morgan fingerprint density at radius 3 is 2.55 bits per heavy atom. The van der Waals surface area contributed by atoms with E-state index in [1.54, 1.807) is 0 Å². The quantitative estimate of drug-likeness (QED) is 0.866. The molecule has 2 N–H and O–H groups in total. The first-order valence-electron chi connectivity index (χ1n) is 6.92. The first-order valence-corrected chi connectivity index (χ1v) is 6.92. The molecule has 1 fully saturated rings. The van der Waals surface area contributed by atoms with Gasteiger partial charge < -0.3 is 19.9 Å². The Balaban J connectivity index is 2.18. The van der Waals surface area contributed by atoms with Gasteiger partial charge in [-0.15, -0.1) is 0 Å². The minimum Gasteiger partial charge on any atom is -0.493 e. The third kappa shape index (κ3) is 3.13. The van der Waals surface area contributed by atoms with Gasteiger partial charge in [-0.25, -0.2) is 4.39 Å². The van der Waals surface area contributed by atoms with Gasteiger partial charge in [-0.2, -0.15) is 0 Å². The highest BCUT2D eigenvalue weighted by molar-refractivity contribution is 5.98. The molecule has 1 amide bonds. The minimum atomic E-state index is -0.873. The number of halogens is 1. The van der Waals surface area contributed by atoms with Gasteiger partial charge in [0.1, 0.15) is 11.4 Å². The molecule has 0 unspecified atom stereocenters. The smallest absolute Gasteiger partial charge is 0.306 e. The van der Waals surface area contributed by atoms with Crippen LogP contribution in [0.25, 0.3) is 0 Å². The van der Waals surface area contributed by atoms with E-state index >= 15 is 0 Å². The fraction of sp³-hybridized carbons (Fsp3) is 0.467. The lowest BCUT2D eigenvalue weighted by atomic mass is 10.1. The predicted molar refractivity (Wildman–Crippen MR) is 75.7 cm³/mol. The van der Waals surface area contributed by atoms with Gasteiger partial charge in [0, 0.05) is 6.04 Å². The van der Waals surface area contributed by atoms with Crippen molar-refractivity contribution in [3.05, 3.63) is 23.5 Å². The van der Waals surface area contributed by atoms with E-state index in [0.717, 1.165) is 6.07 Å². The van der Waals surface area contributed by atoms with Crippen LogP contribution in [0.1, 0.15) is 29.6 Å². The minimum absolute atomic E-state index is 0.0211. The number of aliphatic carboxylic acids is 1. The molecule has 1 aromatic carbocycles. The fourth-order valence-electron chi connectivity index (χ4n) is 2.71. The van der Waals surface area contributed by atoms with Crippen LogP contribution in [0.4, 0.5) is 4.39 Å². The average Bonchev–Trinajstić information content (AvgIpc) is 2.95. The molecular weight excluding hydrogens is 293 g/mol. The molecule has 7 heteroatoms. The summed E-state index contributed by atoms with van der Waals surface area (Å²) in [4.78, 5) is 23.2. The second kappa shape index (κ2) is 6.64. The lowest BCUT2D eigenvalue weighted by molar-refractivity contribution is -0.141. The Kier molecular flexibility index (Phi) is 4.85. The van der Waals surface area contributed by atoms with E-state index in [0.29, 0.717) is 19.3 Å². The van der Waals surface area contributed by atoms with E-state index in [-0.39, 0.29) is 23.1 Å². The summed E-state index contributed by atoms with van der Waals surface area (Å²) < 4.78 is 24.1. The molecule has 2 atom stereocenters. The van der Waals surface area contributed by atoms with Crippen molar-refractivity contribution in [2.75, 3.05) is 14.2 Å². The molecule has 2 rings (SSSR count). The molecule has 1 aliphatic carbocycles. The zero-order valence-corrected chi connectivity index (χ0v) is 12.4. The molecule has 120 valence electrons. The molecule has 0 radical (unpaired) electrons. The number of carbonyl (C=O) groups is 2. The lowest BCUT2D eigenvalue weighted by Crippen LogP contribution is -2.34. The highest BCUT2D eigenvalue weighted by atomic mass is 19.1. The summed E-state index contributed by atoms with van der Waals surface area (Å²) in [5.74, 6) is -2.42. The third-order valence-corrected chi connectivity index (χ3v) is 3.84. The van der Waals surface area contributed by atoms with E-state index in [1.165, 1.54) is 20.3 Å². The molecule has 1 aromatic rings. The summed E-state index contributed by atoms with van der Waals surface area (Å²) >= 11 is 0. The maximum absolute atomic E-state index is 14.0. The second-order valence-electron chi connectivity index (χ2n) is 5.18. The Morgan fingerprint density at radius 1 is 1.27 bits per heavy atom. The molecule has 0 heterocycles. The number of carboxylic acid groups (broad SMARTS) is 1. The SMILES string of the molecule is COc1ccc(F)c(C(=O)N[C@@H]2CC[C@H](C(=O)O)C2)c1OC. The van der Waals surface area contributed by atoms with E-state index < -0.39 is 23.6 Å². The van der Waals surface area contributed by atoms with Crippen molar-refractivity contribution in [2.24, 2.45) is 5.92 Å². The van der Waals surface area contributed by atoms with Gasteiger partial charge in [-0.1, -0.05) is 0 Å². The zero-order valence-electron chi connectivity index (χ0n) is 12.4. The molecule has 1 saturated carbocycles. The van der Waals surface area contributed by atoms with Crippen LogP contribution in [0.5, 0.6) is 11.5 Å². The molecule has 0 aliphatic heterocycles. The van der Waals surface area contributed by atoms with Crippen LogP contribution in [-0.4, -0.2) is 37.2 Å². The molecule has 22 heavy (non-hydrogen) atoms. The van der Waals surface area contributed by atoms with Crippen molar-refractivity contribution in [1.29, 1.82) is 0 Å². The van der Waals surface area contributed by atoms with Gasteiger partial charge in [0.05, 0.1) is 20.1 Å². The third-order valence-electron chi connectivity index (χ3n) is 3.84. The van der Waals surface area contributed by atoms with Crippen LogP contribution in [0.3, 0.4) is 0 Å². The number of ether oxygens (including phenoxy) is 2. The molecule has 0 spiro atoms. The number of methoxy groups -OCH3 is 2. The highest BCUT2D eigenvalue weighted by Crippen LogP contribution is 2.33. The number of rotatable bonds is 5. The van der Waals surface area contributed by atoms with Crippen LogP contribution < -0.4 is 14.8 Å². The molecule has 0 saturated heterocycles. The van der Waals surface area contributed by atoms with Gasteiger partial charge >= 0.3 is 5.97 Å². The van der Waals surface area contributed by atoms with Gasteiger partial charge in [-0.3, -0.25) is 9.59 Å². The highest BCUT2D eigenvalue weighted by Gasteiger charge is 2.32. The largest absolute Gasteiger partial charge is 0.493 e. The molecule has 1 aliphatic rings. The van der Waals surface area contributed by atoms with Crippen molar-refractivity contribution in [3.8, 4) is 11.5 Å². The summed E-state index contributed by atoms with van der Waals surface area (Å²) in [5.41, 5.74) is -0.236. The standard InChI is InChI=1S/C15H18FNO5/c1-21-11-6-5-10(16)12(13(11)22-2)14(18)17-9-4-3-8(7-9)15(19)20/h5-6,8-9H,3-4,7H2,1-2H3,(H,17,18)(H,19,20)/t8-,9+/m0/s1. The van der Waals surface area contributed by atoms with Crippen molar-refractivity contribution in [2.45, 2.75) is 25.3 Å². The number of benzene rings is 1. The number of hydrogen-bond donors (Lipinski definition) is 2. The monoisotopic (exact) mass is 311 g/mol. The lowest BCUT2D eigenvalue weighted by Gasteiger charge is -2.16. The maximum atomic E-state index is 14.0. The van der Waals surface area contributed by atoms with E-state index in [1.807, 2.05) is 0 Å². The maximum Gasteiger partial charge on any atom is 0.306 e. The van der Waals surface area contributed by atoms with E-state index in [9.17, 15) is 14.0 Å². The summed E-state index contributed by atoms with van der Waals surface area (Å²) in [7, 11) is 2.72. The molecule has 6 nitrogen and oxygen atoms in total. The van der Waals surface area contributed by atoms with Crippen LogP contribution in [0, 0.1) is 11.7 Å². The van der Waals surface area contributed by atoms with Crippen molar-refractivity contribution in [1.82, 2.24) is 5.32 Å². The number of carbonyl (C=O) groups excluding carboxylic acids is 1. The van der Waals surface area contributed by atoms with E-state index in [2.05, 4.69) is 5.32 Å². The first-order chi connectivity index (χ1) is 10.5. The fourth-order valence-corrected chi connectivity index (χ4v) is 2.71. The molecule has 0 bridgehead atoms. The van der Waals surface area contributed by atoms with Crippen LogP contribution in [0.2, 0.25) is 0 Å². The van der Waals surface area contributed by atoms with Gasteiger partial charge in [0.15, 0.2) is 11.5 Å². The van der Waals surface area contributed by atoms with Crippen LogP contribution >= 0.6 is 0 Å². The number of amides is 1. The summed E-state index contributed by atoms with van der Waals surface area (Å²) in [6.45, 7) is 0. The van der Waals surface area contributed by atoms with Crippen LogP contribution in [-0.2, 0) is 4.79 Å². The Labute approximate surface area is 127 Å². The van der Waals surface area contributed by atoms with Gasteiger partial charge in [0.25, 0.3) is 5.91 Å². The van der Waals surface area contributed by atoms with Crippen molar-refractivity contribution < 1.29 is 28.6 Å². The Morgan fingerprint density at radius 2 is 2.00 bits per heavy atom. The van der Waals surface area contributed by atoms with Gasteiger partial charge in [0.2, 0.25) is 0 Å². The average molecular weight is 311 g/mol. The Bertz CT molecular complexity index is 590.